The first kappa shape index (κ1) is 12.2. The summed E-state index contributed by atoms with van der Waals surface area (Å²) in [6.45, 7) is 2.20. The number of ether oxygens (including phenoxy) is 1. The SMILES string of the molecule is Cc1nn(C)c(COc2ccc(Cl)nc2)c1Cl. The minimum atomic E-state index is 0.347. The molecule has 17 heavy (non-hydrogen) atoms. The fourth-order valence-electron chi connectivity index (χ4n) is 1.44. The molecule has 2 rings (SSSR count). The van der Waals surface area contributed by atoms with E-state index in [-0.39, 0.29) is 0 Å². The number of aryl methyl sites for hydroxylation is 2. The lowest BCUT2D eigenvalue weighted by atomic mass is 10.4. The van der Waals surface area contributed by atoms with Gasteiger partial charge in [-0.2, -0.15) is 5.10 Å². The molecule has 0 saturated heterocycles. The van der Waals surface area contributed by atoms with E-state index >= 15 is 0 Å². The van der Waals surface area contributed by atoms with Crippen molar-refractivity contribution in [2.24, 2.45) is 7.05 Å². The number of halogens is 2. The Morgan fingerprint density at radius 2 is 2.12 bits per heavy atom. The Morgan fingerprint density at radius 1 is 1.35 bits per heavy atom. The molecule has 0 aromatic carbocycles. The highest BCUT2D eigenvalue weighted by Crippen LogP contribution is 2.21. The normalized spacial score (nSPS) is 10.6. The van der Waals surface area contributed by atoms with Crippen molar-refractivity contribution in [3.8, 4) is 5.75 Å². The molecular formula is C11H11Cl2N3O. The van der Waals surface area contributed by atoms with Gasteiger partial charge in [0.2, 0.25) is 0 Å². The van der Waals surface area contributed by atoms with Crippen LogP contribution in [-0.2, 0) is 13.7 Å². The summed E-state index contributed by atoms with van der Waals surface area (Å²) in [6, 6.07) is 3.43. The van der Waals surface area contributed by atoms with Crippen LogP contribution < -0.4 is 4.74 Å². The maximum absolute atomic E-state index is 6.11. The first-order valence-electron chi connectivity index (χ1n) is 5.00. The van der Waals surface area contributed by atoms with E-state index < -0.39 is 0 Å². The van der Waals surface area contributed by atoms with Gasteiger partial charge in [-0.25, -0.2) is 4.98 Å². The molecule has 0 radical (unpaired) electrons. The molecule has 0 aliphatic rings. The van der Waals surface area contributed by atoms with E-state index in [1.54, 1.807) is 23.0 Å². The smallest absolute Gasteiger partial charge is 0.138 e. The van der Waals surface area contributed by atoms with Gasteiger partial charge < -0.3 is 4.74 Å². The molecule has 4 nitrogen and oxygen atoms in total. The van der Waals surface area contributed by atoms with Gasteiger partial charge in [-0.05, 0) is 19.1 Å². The summed E-state index contributed by atoms with van der Waals surface area (Å²) < 4.78 is 7.26. The molecule has 0 bridgehead atoms. The Balaban J connectivity index is 2.09. The van der Waals surface area contributed by atoms with E-state index in [2.05, 4.69) is 10.1 Å². The van der Waals surface area contributed by atoms with Crippen LogP contribution in [0.1, 0.15) is 11.4 Å². The van der Waals surface area contributed by atoms with Crippen LogP contribution in [0, 0.1) is 6.92 Å². The van der Waals surface area contributed by atoms with Gasteiger partial charge in [0.25, 0.3) is 0 Å². The molecule has 2 aromatic heterocycles. The second kappa shape index (κ2) is 4.94. The maximum atomic E-state index is 6.11. The maximum Gasteiger partial charge on any atom is 0.138 e. The van der Waals surface area contributed by atoms with Gasteiger partial charge in [0.05, 0.1) is 22.6 Å². The van der Waals surface area contributed by atoms with Crippen LogP contribution in [0.3, 0.4) is 0 Å². The zero-order chi connectivity index (χ0) is 12.4. The van der Waals surface area contributed by atoms with Crippen LogP contribution >= 0.6 is 23.2 Å². The third kappa shape index (κ3) is 2.70. The van der Waals surface area contributed by atoms with Gasteiger partial charge in [0.15, 0.2) is 0 Å². The van der Waals surface area contributed by atoms with Crippen molar-refractivity contribution in [2.45, 2.75) is 13.5 Å². The molecular weight excluding hydrogens is 261 g/mol. The van der Waals surface area contributed by atoms with E-state index in [0.29, 0.717) is 22.5 Å². The van der Waals surface area contributed by atoms with Gasteiger partial charge in [-0.3, -0.25) is 4.68 Å². The summed E-state index contributed by atoms with van der Waals surface area (Å²) >= 11 is 11.8. The molecule has 0 N–H and O–H groups in total. The average molecular weight is 272 g/mol. The monoisotopic (exact) mass is 271 g/mol. The highest BCUT2D eigenvalue weighted by molar-refractivity contribution is 6.31. The second-order valence-electron chi connectivity index (χ2n) is 3.57. The highest BCUT2D eigenvalue weighted by atomic mass is 35.5. The Morgan fingerprint density at radius 3 is 2.65 bits per heavy atom. The minimum Gasteiger partial charge on any atom is -0.486 e. The first-order chi connectivity index (χ1) is 8.08. The predicted molar refractivity (Wildman–Crippen MR) is 66.5 cm³/mol. The van der Waals surface area contributed by atoms with Gasteiger partial charge in [-0.1, -0.05) is 23.2 Å². The van der Waals surface area contributed by atoms with Crippen molar-refractivity contribution >= 4 is 23.2 Å². The third-order valence-electron chi connectivity index (χ3n) is 2.34. The molecule has 0 amide bonds. The van der Waals surface area contributed by atoms with Crippen molar-refractivity contribution in [1.29, 1.82) is 0 Å². The summed E-state index contributed by atoms with van der Waals surface area (Å²) in [7, 11) is 1.83. The van der Waals surface area contributed by atoms with Gasteiger partial charge in [0.1, 0.15) is 17.5 Å². The van der Waals surface area contributed by atoms with E-state index in [9.17, 15) is 0 Å². The quantitative estimate of drug-likeness (QED) is 0.806. The highest BCUT2D eigenvalue weighted by Gasteiger charge is 2.11. The van der Waals surface area contributed by atoms with Crippen LogP contribution in [-0.4, -0.2) is 14.8 Å². The van der Waals surface area contributed by atoms with E-state index in [0.717, 1.165) is 11.4 Å². The van der Waals surface area contributed by atoms with Gasteiger partial charge >= 0.3 is 0 Å². The van der Waals surface area contributed by atoms with Crippen LogP contribution in [0.4, 0.5) is 0 Å². The molecule has 2 aromatic rings. The topological polar surface area (TPSA) is 39.9 Å². The molecule has 2 heterocycles. The summed E-state index contributed by atoms with van der Waals surface area (Å²) in [4.78, 5) is 3.93. The molecule has 90 valence electrons. The van der Waals surface area contributed by atoms with Crippen LogP contribution in [0.5, 0.6) is 5.75 Å². The van der Waals surface area contributed by atoms with Crippen molar-refractivity contribution in [3.63, 3.8) is 0 Å². The second-order valence-corrected chi connectivity index (χ2v) is 4.34. The number of pyridine rings is 1. The Hall–Kier alpha value is -1.26. The molecule has 0 spiro atoms. The van der Waals surface area contributed by atoms with Crippen molar-refractivity contribution in [1.82, 2.24) is 14.8 Å². The average Bonchev–Trinajstić information content (AvgIpc) is 2.54. The number of rotatable bonds is 3. The van der Waals surface area contributed by atoms with Gasteiger partial charge in [0, 0.05) is 7.05 Å². The Bertz CT molecular complexity index is 522. The Labute approximate surface area is 109 Å². The van der Waals surface area contributed by atoms with Gasteiger partial charge in [-0.15, -0.1) is 0 Å². The largest absolute Gasteiger partial charge is 0.486 e. The molecule has 0 unspecified atom stereocenters. The molecule has 0 atom stereocenters. The number of hydrogen-bond acceptors (Lipinski definition) is 3. The van der Waals surface area contributed by atoms with E-state index in [1.807, 2.05) is 14.0 Å². The first-order valence-corrected chi connectivity index (χ1v) is 5.76. The van der Waals surface area contributed by atoms with Crippen molar-refractivity contribution < 1.29 is 4.74 Å². The molecule has 0 aliphatic carbocycles. The summed E-state index contributed by atoms with van der Waals surface area (Å²) in [6.07, 6.45) is 1.57. The Kier molecular flexibility index (Phi) is 3.54. The lowest BCUT2D eigenvalue weighted by Gasteiger charge is -2.06. The minimum absolute atomic E-state index is 0.347. The van der Waals surface area contributed by atoms with Crippen LogP contribution in [0.15, 0.2) is 18.3 Å². The summed E-state index contributed by atoms with van der Waals surface area (Å²) in [5.41, 5.74) is 1.63. The fraction of sp³-hybridized carbons (Fsp3) is 0.273. The van der Waals surface area contributed by atoms with E-state index in [1.165, 1.54) is 0 Å². The summed E-state index contributed by atoms with van der Waals surface area (Å²) in [5.74, 6) is 0.643. The van der Waals surface area contributed by atoms with Crippen LogP contribution in [0.25, 0.3) is 0 Å². The predicted octanol–water partition coefficient (Wildman–Crippen LogP) is 3.01. The van der Waals surface area contributed by atoms with Crippen LogP contribution in [0.2, 0.25) is 10.2 Å². The molecule has 0 saturated carbocycles. The van der Waals surface area contributed by atoms with Crippen molar-refractivity contribution in [2.75, 3.05) is 0 Å². The standard InChI is InChI=1S/C11H11Cl2N3O/c1-7-11(13)9(16(2)15-7)6-17-8-3-4-10(12)14-5-8/h3-5H,6H2,1-2H3. The van der Waals surface area contributed by atoms with Crippen molar-refractivity contribution in [3.05, 3.63) is 39.9 Å². The summed E-state index contributed by atoms with van der Waals surface area (Å²) in [5, 5.41) is 5.28. The number of aromatic nitrogens is 3. The third-order valence-corrected chi connectivity index (χ3v) is 3.05. The molecule has 0 fully saturated rings. The lowest BCUT2D eigenvalue weighted by molar-refractivity contribution is 0.294. The zero-order valence-corrected chi connectivity index (χ0v) is 11.0. The lowest BCUT2D eigenvalue weighted by Crippen LogP contribution is -2.03. The molecule has 6 heteroatoms. The fourth-order valence-corrected chi connectivity index (χ4v) is 1.76. The zero-order valence-electron chi connectivity index (χ0n) is 9.44. The number of nitrogens with zero attached hydrogens (tertiary/aromatic N) is 3. The van der Waals surface area contributed by atoms with E-state index in [4.69, 9.17) is 27.9 Å². The molecule has 0 aliphatic heterocycles. The number of hydrogen-bond donors (Lipinski definition) is 0.